The Bertz CT molecular complexity index is 637. The second kappa shape index (κ2) is 7.29. The lowest BCUT2D eigenvalue weighted by Gasteiger charge is -2.18. The zero-order chi connectivity index (χ0) is 16.1. The van der Waals surface area contributed by atoms with Crippen LogP contribution in [0.25, 0.3) is 0 Å². The number of carbonyl (C=O) groups is 1. The Morgan fingerprint density at radius 3 is 2.64 bits per heavy atom. The van der Waals surface area contributed by atoms with E-state index in [4.69, 9.17) is 9.84 Å². The van der Waals surface area contributed by atoms with Crippen molar-refractivity contribution < 1.29 is 14.6 Å². The molecule has 1 aromatic heterocycles. The van der Waals surface area contributed by atoms with Gasteiger partial charge in [0, 0.05) is 29.8 Å². The molecule has 1 amide bonds. The third-order valence-electron chi connectivity index (χ3n) is 3.25. The predicted molar refractivity (Wildman–Crippen MR) is 90.4 cm³/mol. The monoisotopic (exact) mass is 320 g/mol. The molecular weight excluding hydrogens is 300 g/mol. The van der Waals surface area contributed by atoms with Crippen LogP contribution in [0.2, 0.25) is 0 Å². The molecule has 0 aliphatic rings. The number of amides is 1. The number of hydrogen-bond donors (Lipinski definition) is 2. The van der Waals surface area contributed by atoms with Gasteiger partial charge in [0.15, 0.2) is 0 Å². The van der Waals surface area contributed by atoms with Crippen molar-refractivity contribution in [2.45, 2.75) is 6.92 Å². The topological polar surface area (TPSA) is 61.8 Å². The van der Waals surface area contributed by atoms with Gasteiger partial charge < -0.3 is 20.1 Å². The normalized spacial score (nSPS) is 10.4. The zero-order valence-corrected chi connectivity index (χ0v) is 13.7. The first-order chi connectivity index (χ1) is 10.5. The molecule has 0 spiro atoms. The van der Waals surface area contributed by atoms with Crippen LogP contribution in [0.5, 0.6) is 5.75 Å². The molecule has 118 valence electrons. The van der Waals surface area contributed by atoms with Crippen molar-refractivity contribution in [3.63, 3.8) is 0 Å². The number of aliphatic hydroxyl groups excluding tert-OH is 1. The van der Waals surface area contributed by atoms with Gasteiger partial charge in [0.25, 0.3) is 5.91 Å². The number of likely N-dealkylation sites (N-methyl/N-ethyl adjacent to an activating group) is 1. The van der Waals surface area contributed by atoms with Crippen molar-refractivity contribution >= 4 is 28.6 Å². The molecule has 0 saturated heterocycles. The van der Waals surface area contributed by atoms with Crippen LogP contribution < -0.4 is 15.0 Å². The van der Waals surface area contributed by atoms with Gasteiger partial charge in [0.2, 0.25) is 0 Å². The highest BCUT2D eigenvalue weighted by atomic mass is 32.1. The number of rotatable bonds is 6. The summed E-state index contributed by atoms with van der Waals surface area (Å²) in [6, 6.07) is 9.35. The number of nitrogens with one attached hydrogen (secondary N) is 1. The highest BCUT2D eigenvalue weighted by Crippen LogP contribution is 2.29. The van der Waals surface area contributed by atoms with Crippen LogP contribution in [-0.4, -0.2) is 38.3 Å². The van der Waals surface area contributed by atoms with E-state index in [2.05, 4.69) is 5.32 Å². The molecule has 1 heterocycles. The Morgan fingerprint density at radius 1 is 1.36 bits per heavy atom. The lowest BCUT2D eigenvalue weighted by atomic mass is 10.2. The molecule has 2 aromatic rings. The van der Waals surface area contributed by atoms with Crippen LogP contribution in [0.3, 0.4) is 0 Å². The largest absolute Gasteiger partial charge is 0.495 e. The second-order valence-corrected chi connectivity index (χ2v) is 6.16. The Kier molecular flexibility index (Phi) is 5.41. The van der Waals surface area contributed by atoms with Crippen molar-refractivity contribution in [2.24, 2.45) is 0 Å². The summed E-state index contributed by atoms with van der Waals surface area (Å²) in [5.74, 6) is 0.422. The number of methoxy groups -OCH3 is 1. The van der Waals surface area contributed by atoms with Crippen molar-refractivity contribution in [1.82, 2.24) is 0 Å². The first kappa shape index (κ1) is 16.3. The average Bonchev–Trinajstić information content (AvgIpc) is 2.89. The fraction of sp³-hybridized carbons (Fsp3) is 0.312. The first-order valence-corrected chi connectivity index (χ1v) is 7.74. The molecule has 0 atom stereocenters. The molecule has 0 fully saturated rings. The molecule has 5 nitrogen and oxygen atoms in total. The average molecular weight is 320 g/mol. The molecule has 0 saturated carbocycles. The Labute approximate surface area is 134 Å². The molecule has 6 heteroatoms. The van der Waals surface area contributed by atoms with Crippen LogP contribution in [0.1, 0.15) is 14.5 Å². The number of hydrogen-bond acceptors (Lipinski definition) is 5. The van der Waals surface area contributed by atoms with Crippen LogP contribution >= 0.6 is 11.3 Å². The molecular formula is C16H20N2O3S. The van der Waals surface area contributed by atoms with Crippen molar-refractivity contribution in [3.8, 4) is 5.75 Å². The minimum atomic E-state index is -0.175. The smallest absolute Gasteiger partial charge is 0.269 e. The number of aryl methyl sites for hydroxylation is 1. The summed E-state index contributed by atoms with van der Waals surface area (Å²) in [6.45, 7) is 2.61. The standard InChI is InChI=1S/C16H20N2O3S/c1-11-10-14(21-3)15(22-11)16(20)17-12-4-6-13(7-5-12)18(2)8-9-19/h4-7,10,19H,8-9H2,1-3H3,(H,17,20). The van der Waals surface area contributed by atoms with Crippen molar-refractivity contribution in [3.05, 3.63) is 40.1 Å². The highest BCUT2D eigenvalue weighted by molar-refractivity contribution is 7.14. The van der Waals surface area contributed by atoms with Gasteiger partial charge in [0.1, 0.15) is 10.6 Å². The maximum Gasteiger partial charge on any atom is 0.269 e. The molecule has 2 rings (SSSR count). The predicted octanol–water partition coefficient (Wildman–Crippen LogP) is 2.75. The summed E-state index contributed by atoms with van der Waals surface area (Å²) >= 11 is 1.41. The van der Waals surface area contributed by atoms with Gasteiger partial charge in [0.05, 0.1) is 13.7 Å². The van der Waals surface area contributed by atoms with E-state index < -0.39 is 0 Å². The van der Waals surface area contributed by atoms with Gasteiger partial charge in [-0.15, -0.1) is 11.3 Å². The van der Waals surface area contributed by atoms with Gasteiger partial charge in [-0.25, -0.2) is 0 Å². The molecule has 0 unspecified atom stereocenters. The molecule has 0 bridgehead atoms. The Morgan fingerprint density at radius 2 is 2.05 bits per heavy atom. The van der Waals surface area contributed by atoms with E-state index >= 15 is 0 Å². The quantitative estimate of drug-likeness (QED) is 0.859. The van der Waals surface area contributed by atoms with Crippen molar-refractivity contribution in [2.75, 3.05) is 37.5 Å². The fourth-order valence-corrected chi connectivity index (χ4v) is 2.94. The van der Waals surface area contributed by atoms with Gasteiger partial charge in [-0.05, 0) is 37.3 Å². The summed E-state index contributed by atoms with van der Waals surface area (Å²) in [5.41, 5.74) is 1.70. The lowest BCUT2D eigenvalue weighted by Crippen LogP contribution is -2.21. The number of benzene rings is 1. The number of carbonyl (C=O) groups excluding carboxylic acids is 1. The van der Waals surface area contributed by atoms with Crippen LogP contribution in [-0.2, 0) is 0 Å². The summed E-state index contributed by atoms with van der Waals surface area (Å²) in [6.07, 6.45) is 0. The van der Waals surface area contributed by atoms with E-state index in [-0.39, 0.29) is 12.5 Å². The lowest BCUT2D eigenvalue weighted by molar-refractivity contribution is 0.102. The number of anilines is 2. The molecule has 0 radical (unpaired) electrons. The van der Waals surface area contributed by atoms with E-state index in [1.807, 2.05) is 49.2 Å². The maximum atomic E-state index is 12.3. The van der Waals surface area contributed by atoms with Gasteiger partial charge in [-0.1, -0.05) is 0 Å². The van der Waals surface area contributed by atoms with Crippen LogP contribution in [0.15, 0.2) is 30.3 Å². The SMILES string of the molecule is COc1cc(C)sc1C(=O)Nc1ccc(N(C)CCO)cc1. The van der Waals surface area contributed by atoms with Gasteiger partial charge in [-0.3, -0.25) is 4.79 Å². The second-order valence-electron chi connectivity index (χ2n) is 4.90. The number of ether oxygens (including phenoxy) is 1. The van der Waals surface area contributed by atoms with Crippen LogP contribution in [0, 0.1) is 6.92 Å². The summed E-state index contributed by atoms with van der Waals surface area (Å²) in [5, 5.41) is 11.8. The number of thiophene rings is 1. The van der Waals surface area contributed by atoms with Gasteiger partial charge in [-0.2, -0.15) is 0 Å². The highest BCUT2D eigenvalue weighted by Gasteiger charge is 2.16. The Hall–Kier alpha value is -2.05. The number of aliphatic hydroxyl groups is 1. The van der Waals surface area contributed by atoms with Crippen LogP contribution in [0.4, 0.5) is 11.4 Å². The van der Waals surface area contributed by atoms with E-state index in [0.717, 1.165) is 16.3 Å². The van der Waals surface area contributed by atoms with E-state index in [0.29, 0.717) is 17.2 Å². The number of nitrogens with zero attached hydrogens (tertiary/aromatic N) is 1. The molecule has 0 aliphatic carbocycles. The first-order valence-electron chi connectivity index (χ1n) is 6.93. The Balaban J connectivity index is 2.08. The molecule has 1 aromatic carbocycles. The fourth-order valence-electron chi connectivity index (χ4n) is 2.07. The molecule has 2 N–H and O–H groups in total. The zero-order valence-electron chi connectivity index (χ0n) is 12.9. The van der Waals surface area contributed by atoms with Gasteiger partial charge >= 0.3 is 0 Å². The maximum absolute atomic E-state index is 12.3. The third kappa shape index (κ3) is 3.78. The summed E-state index contributed by atoms with van der Waals surface area (Å²) in [7, 11) is 3.47. The van der Waals surface area contributed by atoms with E-state index in [1.165, 1.54) is 11.3 Å². The van der Waals surface area contributed by atoms with E-state index in [9.17, 15) is 4.79 Å². The minimum absolute atomic E-state index is 0.104. The summed E-state index contributed by atoms with van der Waals surface area (Å²) in [4.78, 5) is 15.8. The van der Waals surface area contributed by atoms with E-state index in [1.54, 1.807) is 7.11 Å². The summed E-state index contributed by atoms with van der Waals surface area (Å²) < 4.78 is 5.22. The minimum Gasteiger partial charge on any atom is -0.495 e. The molecule has 22 heavy (non-hydrogen) atoms. The van der Waals surface area contributed by atoms with Crippen molar-refractivity contribution in [1.29, 1.82) is 0 Å². The molecule has 0 aliphatic heterocycles. The third-order valence-corrected chi connectivity index (χ3v) is 4.28.